The van der Waals surface area contributed by atoms with Gasteiger partial charge in [-0.05, 0) is 59.2 Å². The number of hydrogen-bond acceptors (Lipinski definition) is 3. The van der Waals surface area contributed by atoms with Crippen molar-refractivity contribution in [3.8, 4) is 11.1 Å². The molecule has 0 bridgehead atoms. The molecule has 1 heterocycles. The zero-order valence-electron chi connectivity index (χ0n) is 20.2. The van der Waals surface area contributed by atoms with Crippen LogP contribution in [0, 0.1) is 11.2 Å². The maximum absolute atomic E-state index is 16.4. The molecule has 0 saturated heterocycles. The summed E-state index contributed by atoms with van der Waals surface area (Å²) in [6.45, 7) is 5.31. The third-order valence-corrected chi connectivity index (χ3v) is 6.76. The molecule has 3 nitrogen and oxygen atoms in total. The molecule has 0 radical (unpaired) electrons. The lowest BCUT2D eigenvalue weighted by atomic mass is 9.71. The average molecular weight is 506 g/mol. The van der Waals surface area contributed by atoms with Gasteiger partial charge in [-0.15, -0.1) is 0 Å². The van der Waals surface area contributed by atoms with E-state index in [9.17, 15) is 27.8 Å². The van der Waals surface area contributed by atoms with Gasteiger partial charge in [-0.2, -0.15) is 13.2 Å². The van der Waals surface area contributed by atoms with Gasteiger partial charge in [0.1, 0.15) is 5.82 Å². The van der Waals surface area contributed by atoms with Crippen molar-refractivity contribution >= 4 is 0 Å². The fraction of sp³-hybridized carbons (Fsp3) is 0.393. The summed E-state index contributed by atoms with van der Waals surface area (Å²) in [5.74, 6) is -1.09. The van der Waals surface area contributed by atoms with Crippen LogP contribution in [0.4, 0.5) is 22.0 Å². The van der Waals surface area contributed by atoms with E-state index in [1.54, 1.807) is 6.92 Å². The molecule has 192 valence electrons. The Balaban J connectivity index is 2.01. The first kappa shape index (κ1) is 26.2. The lowest BCUT2D eigenvalue weighted by Crippen LogP contribution is -2.29. The molecule has 2 aromatic carbocycles. The van der Waals surface area contributed by atoms with E-state index in [2.05, 4.69) is 0 Å². The average Bonchev–Trinajstić information content (AvgIpc) is 2.81. The first-order chi connectivity index (χ1) is 16.8. The minimum absolute atomic E-state index is 0.0230. The number of hydrogen-bond donors (Lipinski definition) is 2. The molecule has 1 aliphatic rings. The van der Waals surface area contributed by atoms with Crippen LogP contribution >= 0.6 is 0 Å². The molecule has 1 aromatic heterocycles. The molecule has 4 rings (SSSR count). The molecule has 3 atom stereocenters. The van der Waals surface area contributed by atoms with Crippen molar-refractivity contribution in [2.45, 2.75) is 58.0 Å². The number of aliphatic hydroxyl groups is 2. The summed E-state index contributed by atoms with van der Waals surface area (Å²) < 4.78 is 69.4. The second-order valence-corrected chi connectivity index (χ2v) is 10.3. The van der Waals surface area contributed by atoms with Gasteiger partial charge in [-0.1, -0.05) is 45.0 Å². The van der Waals surface area contributed by atoms with E-state index >= 15 is 4.39 Å². The lowest BCUT2D eigenvalue weighted by molar-refractivity contribution is -0.137. The Kier molecular flexibility index (Phi) is 6.96. The standard InChI is InChI=1S/C28H28F5NO2/c1-15(14-35)26-24(25(30)17-4-8-18(9-5-17)28(31,32)33)22(16-6-10-19(29)11-7-16)23-20(34-26)12-27(2,3)13-21(23)36/h4-11,15,21,25,35-36H,12-14H2,1-3H3/t15-,21?,25?/m0/s1. The van der Waals surface area contributed by atoms with Crippen molar-refractivity contribution in [2.24, 2.45) is 5.41 Å². The fourth-order valence-electron chi connectivity index (χ4n) is 4.98. The minimum Gasteiger partial charge on any atom is -0.396 e. The summed E-state index contributed by atoms with van der Waals surface area (Å²) in [6.07, 6.45) is -6.56. The van der Waals surface area contributed by atoms with E-state index in [1.807, 2.05) is 13.8 Å². The Morgan fingerprint density at radius 3 is 2.22 bits per heavy atom. The van der Waals surface area contributed by atoms with Crippen LogP contribution < -0.4 is 0 Å². The second-order valence-electron chi connectivity index (χ2n) is 10.3. The molecular weight excluding hydrogens is 477 g/mol. The molecule has 36 heavy (non-hydrogen) atoms. The third kappa shape index (κ3) is 5.02. The van der Waals surface area contributed by atoms with E-state index < -0.39 is 35.8 Å². The maximum Gasteiger partial charge on any atom is 0.416 e. The topological polar surface area (TPSA) is 53.4 Å². The van der Waals surface area contributed by atoms with Gasteiger partial charge in [0.05, 0.1) is 24.0 Å². The predicted molar refractivity (Wildman–Crippen MR) is 127 cm³/mol. The van der Waals surface area contributed by atoms with E-state index in [-0.39, 0.29) is 28.8 Å². The number of aliphatic hydroxyl groups excluding tert-OH is 2. The molecule has 0 fully saturated rings. The van der Waals surface area contributed by atoms with Crippen molar-refractivity contribution in [3.05, 3.63) is 88.0 Å². The van der Waals surface area contributed by atoms with E-state index in [0.29, 0.717) is 35.2 Å². The number of fused-ring (bicyclic) bond motifs is 1. The smallest absolute Gasteiger partial charge is 0.396 e. The molecule has 0 amide bonds. The van der Waals surface area contributed by atoms with Crippen molar-refractivity contribution in [2.75, 3.05) is 6.61 Å². The number of benzene rings is 2. The van der Waals surface area contributed by atoms with E-state index in [0.717, 1.165) is 24.3 Å². The summed E-state index contributed by atoms with van der Waals surface area (Å²) in [7, 11) is 0. The van der Waals surface area contributed by atoms with Gasteiger partial charge in [0.25, 0.3) is 0 Å². The van der Waals surface area contributed by atoms with Crippen LogP contribution in [0.15, 0.2) is 48.5 Å². The zero-order chi connectivity index (χ0) is 26.4. The van der Waals surface area contributed by atoms with Crippen molar-refractivity contribution in [3.63, 3.8) is 0 Å². The number of aromatic nitrogens is 1. The number of alkyl halides is 4. The normalized spacial score (nSPS) is 19.0. The Morgan fingerprint density at radius 2 is 1.67 bits per heavy atom. The zero-order valence-corrected chi connectivity index (χ0v) is 20.2. The van der Waals surface area contributed by atoms with Gasteiger partial charge in [0, 0.05) is 22.7 Å². The number of rotatable bonds is 5. The van der Waals surface area contributed by atoms with Crippen molar-refractivity contribution < 1.29 is 32.2 Å². The fourth-order valence-corrected chi connectivity index (χ4v) is 4.98. The van der Waals surface area contributed by atoms with Crippen LogP contribution in [0.5, 0.6) is 0 Å². The van der Waals surface area contributed by atoms with Crippen LogP contribution in [0.25, 0.3) is 11.1 Å². The summed E-state index contributed by atoms with van der Waals surface area (Å²) in [5.41, 5.74) is 0.885. The molecule has 8 heteroatoms. The third-order valence-electron chi connectivity index (χ3n) is 6.76. The lowest BCUT2D eigenvalue weighted by Gasteiger charge is -2.37. The van der Waals surface area contributed by atoms with Gasteiger partial charge in [-0.25, -0.2) is 8.78 Å². The van der Waals surface area contributed by atoms with Crippen LogP contribution in [0.2, 0.25) is 0 Å². The number of nitrogens with zero attached hydrogens (tertiary/aromatic N) is 1. The molecule has 0 saturated carbocycles. The first-order valence-corrected chi connectivity index (χ1v) is 11.7. The molecular formula is C28H28F5NO2. The van der Waals surface area contributed by atoms with Gasteiger partial charge in [0.15, 0.2) is 6.17 Å². The van der Waals surface area contributed by atoms with Crippen LogP contribution in [0.3, 0.4) is 0 Å². The number of halogens is 5. The Bertz CT molecular complexity index is 1240. The van der Waals surface area contributed by atoms with Gasteiger partial charge in [0.2, 0.25) is 0 Å². The SMILES string of the molecule is C[C@@H](CO)c1nc2c(c(-c3ccc(F)cc3)c1C(F)c1ccc(C(F)(F)F)cc1)C(O)CC(C)(C)C2. The van der Waals surface area contributed by atoms with E-state index in [4.69, 9.17) is 4.98 Å². The Morgan fingerprint density at radius 1 is 1.06 bits per heavy atom. The second kappa shape index (κ2) is 9.56. The molecule has 3 aromatic rings. The Labute approximate surface area is 206 Å². The quantitative estimate of drug-likeness (QED) is 0.365. The Hall–Kier alpha value is -2.84. The van der Waals surface area contributed by atoms with Crippen molar-refractivity contribution in [1.82, 2.24) is 4.98 Å². The summed E-state index contributed by atoms with van der Waals surface area (Å²) in [6, 6.07) is 9.21. The summed E-state index contributed by atoms with van der Waals surface area (Å²) in [5, 5.41) is 21.1. The molecule has 1 aliphatic carbocycles. The largest absolute Gasteiger partial charge is 0.416 e. The minimum atomic E-state index is -4.57. The highest BCUT2D eigenvalue weighted by Gasteiger charge is 2.38. The first-order valence-electron chi connectivity index (χ1n) is 11.7. The van der Waals surface area contributed by atoms with Gasteiger partial charge < -0.3 is 10.2 Å². The van der Waals surface area contributed by atoms with Gasteiger partial charge in [-0.3, -0.25) is 4.98 Å². The highest BCUT2D eigenvalue weighted by molar-refractivity contribution is 5.75. The van der Waals surface area contributed by atoms with Crippen LogP contribution in [0.1, 0.15) is 79.0 Å². The molecule has 2 unspecified atom stereocenters. The van der Waals surface area contributed by atoms with Crippen LogP contribution in [-0.2, 0) is 12.6 Å². The van der Waals surface area contributed by atoms with E-state index in [1.165, 1.54) is 24.3 Å². The maximum atomic E-state index is 16.4. The predicted octanol–water partition coefficient (Wildman–Crippen LogP) is 7.07. The highest BCUT2D eigenvalue weighted by atomic mass is 19.4. The molecule has 2 N–H and O–H groups in total. The monoisotopic (exact) mass is 505 g/mol. The van der Waals surface area contributed by atoms with Crippen LogP contribution in [-0.4, -0.2) is 21.8 Å². The summed E-state index contributed by atoms with van der Waals surface area (Å²) >= 11 is 0. The molecule has 0 spiro atoms. The number of pyridine rings is 1. The highest BCUT2D eigenvalue weighted by Crippen LogP contribution is 2.49. The van der Waals surface area contributed by atoms with Gasteiger partial charge >= 0.3 is 6.18 Å². The summed E-state index contributed by atoms with van der Waals surface area (Å²) in [4.78, 5) is 4.72. The van der Waals surface area contributed by atoms with Crippen molar-refractivity contribution in [1.29, 1.82) is 0 Å². The molecule has 0 aliphatic heterocycles.